The summed E-state index contributed by atoms with van der Waals surface area (Å²) in [6.45, 7) is 3.78. The number of fused-ring (bicyclic) bond motifs is 2. The summed E-state index contributed by atoms with van der Waals surface area (Å²) in [5, 5.41) is 19.5. The Morgan fingerprint density at radius 2 is 1.05 bits per heavy atom. The molecule has 0 unspecified atom stereocenters. The van der Waals surface area contributed by atoms with E-state index in [2.05, 4.69) is 53.2 Å². The number of thiocarbonyl (C=S) groups is 2. The molecule has 2 saturated heterocycles. The molecular weight excluding hydrogens is 822 g/mol. The lowest BCUT2D eigenvalue weighted by molar-refractivity contribution is 0.468. The van der Waals surface area contributed by atoms with Gasteiger partial charge in [-0.1, -0.05) is 64.6 Å². The molecule has 8 nitrogen and oxygen atoms in total. The predicted octanol–water partition coefficient (Wildman–Crippen LogP) is 11.0. The van der Waals surface area contributed by atoms with Gasteiger partial charge in [0.2, 0.25) is 0 Å². The first-order chi connectivity index (χ1) is 27.2. The maximum absolute atomic E-state index is 6.20. The van der Waals surface area contributed by atoms with Crippen LogP contribution in [0.4, 0.5) is 22.7 Å². The highest BCUT2D eigenvalue weighted by molar-refractivity contribution is 7.80. The van der Waals surface area contributed by atoms with Crippen molar-refractivity contribution >= 4 is 126 Å². The van der Waals surface area contributed by atoms with E-state index in [0.29, 0.717) is 32.4 Å². The topological polar surface area (TPSA) is 80.4 Å². The number of hydrogen-bond acceptors (Lipinski definition) is 6. The number of para-hydroxylation sites is 1. The molecule has 0 aliphatic carbocycles. The second kappa shape index (κ2) is 18.9. The molecule has 0 radical (unpaired) electrons. The number of piperidine rings is 2. The molecule has 2 fully saturated rings. The number of halogens is 4. The quantitative estimate of drug-likeness (QED) is 0.122. The van der Waals surface area contributed by atoms with Gasteiger partial charge in [0.1, 0.15) is 0 Å². The second-order valence-corrected chi connectivity index (χ2v) is 16.2. The summed E-state index contributed by atoms with van der Waals surface area (Å²) < 4.78 is 0. The van der Waals surface area contributed by atoms with Crippen molar-refractivity contribution in [3.63, 3.8) is 0 Å². The van der Waals surface area contributed by atoms with E-state index in [0.717, 1.165) is 95.1 Å². The molecule has 2 aliphatic heterocycles. The van der Waals surface area contributed by atoms with Crippen LogP contribution >= 0.6 is 70.8 Å². The average molecular weight is 863 g/mol. The molecule has 0 saturated carbocycles. The third kappa shape index (κ3) is 10.4. The van der Waals surface area contributed by atoms with Crippen LogP contribution in [0.15, 0.2) is 109 Å². The van der Waals surface area contributed by atoms with Crippen molar-refractivity contribution in [3.05, 3.63) is 130 Å². The molecule has 6 aromatic rings. The van der Waals surface area contributed by atoms with Crippen molar-refractivity contribution in [1.82, 2.24) is 20.6 Å². The van der Waals surface area contributed by atoms with Crippen molar-refractivity contribution in [1.29, 1.82) is 0 Å². The van der Waals surface area contributed by atoms with Crippen LogP contribution in [0.1, 0.15) is 25.7 Å². The van der Waals surface area contributed by atoms with Crippen molar-refractivity contribution in [2.24, 2.45) is 0 Å². The Morgan fingerprint density at radius 1 is 0.554 bits per heavy atom. The minimum atomic E-state index is 0.329. The Morgan fingerprint density at radius 3 is 1.57 bits per heavy atom. The van der Waals surface area contributed by atoms with Crippen LogP contribution in [0.25, 0.3) is 21.8 Å². The number of aromatic nitrogens is 2. The fourth-order valence-electron chi connectivity index (χ4n) is 7.11. The lowest BCUT2D eigenvalue weighted by Crippen LogP contribution is -2.46. The van der Waals surface area contributed by atoms with Crippen LogP contribution in [0.5, 0.6) is 0 Å². The lowest BCUT2D eigenvalue weighted by Gasteiger charge is -2.35. The molecule has 4 heterocycles. The molecule has 2 aromatic heterocycles. The van der Waals surface area contributed by atoms with Gasteiger partial charge in [0.15, 0.2) is 10.2 Å². The largest absolute Gasteiger partial charge is 0.371 e. The fraction of sp³-hybridized carbons (Fsp3) is 0.238. The van der Waals surface area contributed by atoms with Crippen molar-refractivity contribution in [2.45, 2.75) is 37.8 Å². The molecule has 4 aromatic carbocycles. The summed E-state index contributed by atoms with van der Waals surface area (Å²) in [6.07, 6.45) is 7.71. The first kappa shape index (κ1) is 40.1. The molecule has 288 valence electrons. The number of nitrogens with zero attached hydrogens (tertiary/aromatic N) is 4. The fourth-order valence-corrected chi connectivity index (χ4v) is 8.39. The molecule has 0 amide bonds. The second-order valence-electron chi connectivity index (χ2n) is 13.7. The number of nitrogens with one attached hydrogen (secondary N) is 4. The van der Waals surface area contributed by atoms with Crippen LogP contribution in [0, 0.1) is 0 Å². The summed E-state index contributed by atoms with van der Waals surface area (Å²) in [5.41, 5.74) is 6.01. The zero-order valence-corrected chi connectivity index (χ0v) is 35.0. The number of benzene rings is 4. The molecular formula is C42H40Cl4N8S2. The Kier molecular flexibility index (Phi) is 13.5. The molecule has 2 aliphatic rings. The van der Waals surface area contributed by atoms with Gasteiger partial charge < -0.3 is 31.1 Å². The summed E-state index contributed by atoms with van der Waals surface area (Å²) in [7, 11) is 0. The van der Waals surface area contributed by atoms with Gasteiger partial charge in [-0.05, 0) is 129 Å². The first-order valence-electron chi connectivity index (χ1n) is 18.4. The lowest BCUT2D eigenvalue weighted by atomic mass is 10.0. The minimum absolute atomic E-state index is 0.329. The van der Waals surface area contributed by atoms with E-state index < -0.39 is 0 Å². The predicted molar refractivity (Wildman–Crippen MR) is 246 cm³/mol. The van der Waals surface area contributed by atoms with Gasteiger partial charge in [0, 0.05) is 93.6 Å². The Labute approximate surface area is 357 Å². The molecule has 56 heavy (non-hydrogen) atoms. The Balaban J connectivity index is 0.000000172. The van der Waals surface area contributed by atoms with E-state index >= 15 is 0 Å². The highest BCUT2D eigenvalue weighted by Crippen LogP contribution is 2.31. The standard InChI is InChI=1S/2C21H20Cl2N4S/c22-14-2-1-3-17(12-14)26-21(28)25-16-7-10-27(11-8-16)20-6-9-24-19-5-4-15(23)13-18(19)20;22-14-5-6-18-16(13-14)20(7-10-24-18)27-11-8-15(9-12-27)25-21(28)26-19-4-2-1-3-17(19)23/h1-6,9,12-13,16H,7-8,10-11H2,(H2,25,26,28);1-7,10,13,15H,8-9,11-12H2,(H2,25,26,28). The molecule has 4 N–H and O–H groups in total. The minimum Gasteiger partial charge on any atom is -0.371 e. The Bertz CT molecular complexity index is 2330. The number of hydrogen-bond donors (Lipinski definition) is 4. The third-order valence-electron chi connectivity index (χ3n) is 9.91. The summed E-state index contributed by atoms with van der Waals surface area (Å²) in [4.78, 5) is 13.7. The number of rotatable bonds is 6. The summed E-state index contributed by atoms with van der Waals surface area (Å²) in [6, 6.07) is 31.6. The van der Waals surface area contributed by atoms with Gasteiger partial charge >= 0.3 is 0 Å². The van der Waals surface area contributed by atoms with E-state index in [-0.39, 0.29) is 0 Å². The average Bonchev–Trinajstić information content (AvgIpc) is 3.19. The van der Waals surface area contributed by atoms with E-state index in [1.54, 1.807) is 0 Å². The van der Waals surface area contributed by atoms with Crippen molar-refractivity contribution in [2.75, 3.05) is 46.6 Å². The van der Waals surface area contributed by atoms with Crippen LogP contribution < -0.4 is 31.1 Å². The molecule has 14 heteroatoms. The van der Waals surface area contributed by atoms with Crippen LogP contribution in [-0.2, 0) is 0 Å². The smallest absolute Gasteiger partial charge is 0.171 e. The van der Waals surface area contributed by atoms with Gasteiger partial charge in [-0.2, -0.15) is 0 Å². The number of pyridine rings is 2. The van der Waals surface area contributed by atoms with Crippen LogP contribution in [0.2, 0.25) is 20.1 Å². The molecule has 8 rings (SSSR count). The maximum Gasteiger partial charge on any atom is 0.171 e. The molecule has 0 bridgehead atoms. The SMILES string of the molecule is S=C(Nc1cccc(Cl)c1)NC1CCN(c2ccnc3ccc(Cl)cc23)CC1.S=C(Nc1ccccc1Cl)NC1CCN(c2ccnc3ccc(Cl)cc23)CC1. The van der Waals surface area contributed by atoms with Gasteiger partial charge in [0.05, 0.1) is 21.7 Å². The number of anilines is 4. The Hall–Kier alpha value is -4.16. The normalized spacial score (nSPS) is 14.9. The van der Waals surface area contributed by atoms with Gasteiger partial charge in [0.25, 0.3) is 0 Å². The van der Waals surface area contributed by atoms with Gasteiger partial charge in [-0.25, -0.2) is 0 Å². The zero-order valence-electron chi connectivity index (χ0n) is 30.3. The molecule has 0 atom stereocenters. The van der Waals surface area contributed by atoms with Crippen LogP contribution in [0.3, 0.4) is 0 Å². The van der Waals surface area contributed by atoms with Crippen molar-refractivity contribution in [3.8, 4) is 0 Å². The summed E-state index contributed by atoms with van der Waals surface area (Å²) in [5.74, 6) is 0. The monoisotopic (exact) mass is 860 g/mol. The van der Waals surface area contributed by atoms with E-state index in [9.17, 15) is 0 Å². The van der Waals surface area contributed by atoms with Crippen LogP contribution in [-0.4, -0.2) is 58.5 Å². The van der Waals surface area contributed by atoms with Gasteiger partial charge in [-0.15, -0.1) is 0 Å². The first-order valence-corrected chi connectivity index (χ1v) is 20.7. The maximum atomic E-state index is 6.20. The highest BCUT2D eigenvalue weighted by Gasteiger charge is 2.23. The third-order valence-corrected chi connectivity index (χ3v) is 11.4. The van der Waals surface area contributed by atoms with E-state index in [1.807, 2.05) is 97.3 Å². The van der Waals surface area contributed by atoms with E-state index in [1.165, 1.54) is 11.4 Å². The highest BCUT2D eigenvalue weighted by atomic mass is 35.5. The van der Waals surface area contributed by atoms with Crippen molar-refractivity contribution < 1.29 is 0 Å². The van der Waals surface area contributed by atoms with Gasteiger partial charge in [-0.3, -0.25) is 9.97 Å². The van der Waals surface area contributed by atoms with E-state index in [4.69, 9.17) is 70.8 Å². The zero-order chi connectivity index (χ0) is 39.0. The molecule has 0 spiro atoms. The summed E-state index contributed by atoms with van der Waals surface area (Å²) >= 11 is 35.5.